The molecule has 0 radical (unpaired) electrons. The third-order valence-corrected chi connectivity index (χ3v) is 1.62. The van der Waals surface area contributed by atoms with Crippen LogP contribution in [0.4, 0.5) is 18.9 Å². The molecule has 0 saturated carbocycles. The number of Topliss-reactive ketones (excluding diaryl/α,β-unsaturated/α-hetero) is 1. The van der Waals surface area contributed by atoms with Gasteiger partial charge in [-0.2, -0.15) is 0 Å². The second kappa shape index (κ2) is 4.07. The molecule has 0 aliphatic rings. The molecule has 1 aromatic rings. The number of nitro benzene ring substituents is 1. The topological polar surface area (TPSA) is 60.2 Å². The highest BCUT2D eigenvalue weighted by molar-refractivity contribution is 6.01. The molecule has 0 unspecified atom stereocenters. The molecule has 0 amide bonds. The molecular formula is C8H4F3NO3. The van der Waals surface area contributed by atoms with Crippen molar-refractivity contribution in [3.05, 3.63) is 39.7 Å². The fourth-order valence-electron chi connectivity index (χ4n) is 0.982. The molecule has 0 atom stereocenters. The van der Waals surface area contributed by atoms with Gasteiger partial charge in [0.2, 0.25) is 5.78 Å². The monoisotopic (exact) mass is 219 g/mol. The maximum Gasteiger partial charge on any atom is 0.300 e. The van der Waals surface area contributed by atoms with E-state index in [0.29, 0.717) is 12.1 Å². The van der Waals surface area contributed by atoms with E-state index in [1.807, 2.05) is 0 Å². The lowest BCUT2D eigenvalue weighted by Gasteiger charge is -2.01. The normalized spacial score (nSPS) is 10.4. The third kappa shape index (κ3) is 2.30. The molecule has 0 aromatic heterocycles. The van der Waals surface area contributed by atoms with Crippen molar-refractivity contribution in [2.45, 2.75) is 6.43 Å². The van der Waals surface area contributed by atoms with Crippen LogP contribution < -0.4 is 0 Å². The van der Waals surface area contributed by atoms with Gasteiger partial charge in [-0.1, -0.05) is 0 Å². The summed E-state index contributed by atoms with van der Waals surface area (Å²) in [5, 5.41) is 10.3. The van der Waals surface area contributed by atoms with E-state index < -0.39 is 34.2 Å². The molecule has 0 aliphatic heterocycles. The van der Waals surface area contributed by atoms with Crippen LogP contribution in [0.5, 0.6) is 0 Å². The third-order valence-electron chi connectivity index (χ3n) is 1.62. The number of rotatable bonds is 3. The van der Waals surface area contributed by atoms with Gasteiger partial charge in [0.05, 0.1) is 4.92 Å². The molecule has 0 fully saturated rings. The van der Waals surface area contributed by atoms with Crippen molar-refractivity contribution >= 4 is 11.5 Å². The Morgan fingerprint density at radius 3 is 2.47 bits per heavy atom. The molecule has 0 N–H and O–H groups in total. The van der Waals surface area contributed by atoms with Crippen molar-refractivity contribution in [2.24, 2.45) is 0 Å². The SMILES string of the molecule is O=C(c1cc(F)ccc1[N+](=O)[O-])C(F)F. The summed E-state index contributed by atoms with van der Waals surface area (Å²) >= 11 is 0. The standard InChI is InChI=1S/C8H4F3NO3/c9-4-1-2-6(12(14)15)5(3-4)7(13)8(10)11/h1-3,8H. The predicted octanol–water partition coefficient (Wildman–Crippen LogP) is 2.18. The minimum atomic E-state index is -3.40. The van der Waals surface area contributed by atoms with E-state index in [4.69, 9.17) is 0 Å². The molecule has 7 heteroatoms. The zero-order valence-electron chi connectivity index (χ0n) is 7.12. The van der Waals surface area contributed by atoms with Crippen LogP contribution in [0, 0.1) is 15.9 Å². The van der Waals surface area contributed by atoms with Crippen LogP contribution in [0.2, 0.25) is 0 Å². The van der Waals surface area contributed by atoms with Gasteiger partial charge in [0.25, 0.3) is 5.69 Å². The van der Waals surface area contributed by atoms with E-state index in [1.54, 1.807) is 0 Å². The molecule has 1 rings (SSSR count). The van der Waals surface area contributed by atoms with E-state index >= 15 is 0 Å². The lowest BCUT2D eigenvalue weighted by Crippen LogP contribution is -2.12. The van der Waals surface area contributed by atoms with Crippen LogP contribution in [0.3, 0.4) is 0 Å². The number of hydrogen-bond acceptors (Lipinski definition) is 3. The highest BCUT2D eigenvalue weighted by Crippen LogP contribution is 2.22. The second-order valence-corrected chi connectivity index (χ2v) is 2.58. The largest absolute Gasteiger partial charge is 0.300 e. The molecule has 80 valence electrons. The van der Waals surface area contributed by atoms with E-state index in [2.05, 4.69) is 0 Å². The first-order valence-corrected chi connectivity index (χ1v) is 3.70. The Labute approximate surface area is 81.5 Å². The first-order valence-electron chi connectivity index (χ1n) is 3.70. The number of hydrogen-bond donors (Lipinski definition) is 0. The minimum Gasteiger partial charge on any atom is -0.287 e. The lowest BCUT2D eigenvalue weighted by atomic mass is 10.1. The van der Waals surface area contributed by atoms with Crippen molar-refractivity contribution in [3.63, 3.8) is 0 Å². The molecule has 0 heterocycles. The maximum absolute atomic E-state index is 12.6. The van der Waals surface area contributed by atoms with Gasteiger partial charge in [0.15, 0.2) is 0 Å². The van der Waals surface area contributed by atoms with Gasteiger partial charge in [0.1, 0.15) is 11.4 Å². The highest BCUT2D eigenvalue weighted by atomic mass is 19.3. The zero-order chi connectivity index (χ0) is 11.6. The molecule has 0 aliphatic carbocycles. The van der Waals surface area contributed by atoms with Crippen molar-refractivity contribution in [3.8, 4) is 0 Å². The Morgan fingerprint density at radius 1 is 1.40 bits per heavy atom. The summed E-state index contributed by atoms with van der Waals surface area (Å²) in [4.78, 5) is 20.1. The Bertz CT molecular complexity index is 420. The Kier molecular flexibility index (Phi) is 3.03. The average molecular weight is 219 g/mol. The highest BCUT2D eigenvalue weighted by Gasteiger charge is 2.26. The number of nitrogens with zero attached hydrogens (tertiary/aromatic N) is 1. The lowest BCUT2D eigenvalue weighted by molar-refractivity contribution is -0.385. The molecule has 0 bridgehead atoms. The van der Waals surface area contributed by atoms with Crippen molar-refractivity contribution in [1.29, 1.82) is 0 Å². The molecule has 0 saturated heterocycles. The molecular weight excluding hydrogens is 215 g/mol. The first-order chi connectivity index (χ1) is 6.93. The van der Waals surface area contributed by atoms with Gasteiger partial charge in [-0.15, -0.1) is 0 Å². The first kappa shape index (κ1) is 11.2. The van der Waals surface area contributed by atoms with Gasteiger partial charge in [-0.05, 0) is 12.1 Å². The number of benzene rings is 1. The fraction of sp³-hybridized carbons (Fsp3) is 0.125. The summed E-state index contributed by atoms with van der Waals surface area (Å²) in [5.74, 6) is -2.74. The summed E-state index contributed by atoms with van der Waals surface area (Å²) in [5.41, 5.74) is -1.75. The number of nitro groups is 1. The van der Waals surface area contributed by atoms with Crippen LogP contribution >= 0.6 is 0 Å². The van der Waals surface area contributed by atoms with E-state index in [1.165, 1.54) is 0 Å². The summed E-state index contributed by atoms with van der Waals surface area (Å²) < 4.78 is 36.6. The van der Waals surface area contributed by atoms with Crippen LogP contribution in [-0.4, -0.2) is 17.1 Å². The van der Waals surface area contributed by atoms with Gasteiger partial charge in [0, 0.05) is 6.07 Å². The number of carbonyl (C=O) groups is 1. The molecule has 15 heavy (non-hydrogen) atoms. The summed E-state index contributed by atoms with van der Waals surface area (Å²) in [6, 6.07) is 1.82. The van der Waals surface area contributed by atoms with Crippen molar-refractivity contribution < 1.29 is 22.9 Å². The average Bonchev–Trinajstić information content (AvgIpc) is 2.15. The van der Waals surface area contributed by atoms with Gasteiger partial charge < -0.3 is 0 Å². The fourth-order valence-corrected chi connectivity index (χ4v) is 0.982. The Hall–Kier alpha value is -1.92. The number of carbonyl (C=O) groups excluding carboxylic acids is 1. The Morgan fingerprint density at radius 2 is 2.00 bits per heavy atom. The summed E-state index contributed by atoms with van der Waals surface area (Å²) in [6.07, 6.45) is -3.40. The summed E-state index contributed by atoms with van der Waals surface area (Å²) in [7, 11) is 0. The van der Waals surface area contributed by atoms with Crippen LogP contribution in [0.1, 0.15) is 10.4 Å². The van der Waals surface area contributed by atoms with Crippen LogP contribution in [0.15, 0.2) is 18.2 Å². The Balaban J connectivity index is 3.30. The zero-order valence-corrected chi connectivity index (χ0v) is 7.12. The van der Waals surface area contributed by atoms with Crippen LogP contribution in [-0.2, 0) is 0 Å². The number of halogens is 3. The number of ketones is 1. The summed E-state index contributed by atoms with van der Waals surface area (Å²) in [6.45, 7) is 0. The van der Waals surface area contributed by atoms with E-state index in [-0.39, 0.29) is 0 Å². The van der Waals surface area contributed by atoms with E-state index in [0.717, 1.165) is 6.07 Å². The van der Waals surface area contributed by atoms with Crippen LogP contribution in [0.25, 0.3) is 0 Å². The number of alkyl halides is 2. The minimum absolute atomic E-state index is 0.423. The van der Waals surface area contributed by atoms with Gasteiger partial charge in [-0.25, -0.2) is 13.2 Å². The molecule has 0 spiro atoms. The quantitative estimate of drug-likeness (QED) is 0.444. The van der Waals surface area contributed by atoms with E-state index in [9.17, 15) is 28.1 Å². The van der Waals surface area contributed by atoms with Crippen molar-refractivity contribution in [2.75, 3.05) is 0 Å². The second-order valence-electron chi connectivity index (χ2n) is 2.58. The van der Waals surface area contributed by atoms with Crippen molar-refractivity contribution in [1.82, 2.24) is 0 Å². The smallest absolute Gasteiger partial charge is 0.287 e. The van der Waals surface area contributed by atoms with Gasteiger partial charge in [-0.3, -0.25) is 14.9 Å². The molecule has 1 aromatic carbocycles. The molecule has 4 nitrogen and oxygen atoms in total. The van der Waals surface area contributed by atoms with Gasteiger partial charge >= 0.3 is 6.43 Å². The predicted molar refractivity (Wildman–Crippen MR) is 43.4 cm³/mol. The maximum atomic E-state index is 12.6.